The van der Waals surface area contributed by atoms with Crippen molar-refractivity contribution in [3.05, 3.63) is 47.8 Å². The Morgan fingerprint density at radius 2 is 1.97 bits per heavy atom. The summed E-state index contributed by atoms with van der Waals surface area (Å²) in [5.41, 5.74) is 11.3. The number of piperazine rings is 1. The van der Waals surface area contributed by atoms with Crippen LogP contribution in [0, 0.1) is 6.92 Å². The van der Waals surface area contributed by atoms with Gasteiger partial charge in [-0.2, -0.15) is 0 Å². The van der Waals surface area contributed by atoms with E-state index in [1.807, 2.05) is 26.2 Å². The number of ether oxygens (including phenoxy) is 1. The number of hydrogen-bond acceptors (Lipinski definition) is 8. The van der Waals surface area contributed by atoms with Gasteiger partial charge in [0.2, 0.25) is 11.9 Å². The topological polar surface area (TPSA) is 130 Å². The second kappa shape index (κ2) is 10.4. The lowest BCUT2D eigenvalue weighted by Gasteiger charge is -2.39. The van der Waals surface area contributed by atoms with Crippen molar-refractivity contribution in [3.63, 3.8) is 0 Å². The minimum atomic E-state index is -0.382. The molecule has 1 saturated heterocycles. The number of para-hydroxylation sites is 1. The molecular weight excluding hydrogens is 482 g/mol. The number of nitrogens with one attached hydrogen (secondary N) is 2. The van der Waals surface area contributed by atoms with E-state index in [9.17, 15) is 4.79 Å². The van der Waals surface area contributed by atoms with Crippen molar-refractivity contribution in [2.24, 2.45) is 12.8 Å². The molecule has 0 saturated carbocycles. The smallest absolute Gasteiger partial charge is 0.256 e. The van der Waals surface area contributed by atoms with Crippen molar-refractivity contribution in [1.29, 1.82) is 0 Å². The Labute approximate surface area is 222 Å². The van der Waals surface area contributed by atoms with E-state index in [1.54, 1.807) is 18.0 Å². The molecule has 0 aliphatic carbocycles. The first-order chi connectivity index (χ1) is 18.2. The van der Waals surface area contributed by atoms with Crippen LogP contribution in [0.4, 0.5) is 11.6 Å². The zero-order valence-electron chi connectivity index (χ0n) is 22.5. The molecule has 1 aliphatic rings. The van der Waals surface area contributed by atoms with Crippen LogP contribution in [0.25, 0.3) is 22.3 Å². The first kappa shape index (κ1) is 25.7. The normalized spacial score (nSPS) is 16.4. The van der Waals surface area contributed by atoms with Crippen LogP contribution in [0.3, 0.4) is 0 Å². The Hall–Kier alpha value is -3.96. The highest BCUT2D eigenvalue weighted by atomic mass is 16.5. The fraction of sp³-hybridized carbons (Fsp3) is 0.407. The quantitative estimate of drug-likeness (QED) is 0.325. The lowest BCUT2D eigenvalue weighted by atomic mass is 9.90. The molecule has 0 bridgehead atoms. The molecule has 2 atom stereocenters. The number of nitrogens with two attached hydrogens (primary N) is 1. The van der Waals surface area contributed by atoms with E-state index in [0.717, 1.165) is 59.6 Å². The number of aromatic amines is 1. The van der Waals surface area contributed by atoms with Gasteiger partial charge in [0, 0.05) is 56.2 Å². The number of likely N-dealkylation sites (N-methyl/N-ethyl adjacent to an activating group) is 1. The number of carbonyl (C=O) groups is 1. The summed E-state index contributed by atoms with van der Waals surface area (Å²) in [6, 6.07) is 7.88. The van der Waals surface area contributed by atoms with E-state index < -0.39 is 0 Å². The molecule has 1 aliphatic heterocycles. The number of carbonyl (C=O) groups excluding carboxylic acids is 1. The number of anilines is 2. The molecule has 1 aromatic carbocycles. The van der Waals surface area contributed by atoms with E-state index in [-0.39, 0.29) is 17.9 Å². The predicted octanol–water partition coefficient (Wildman–Crippen LogP) is 2.62. The van der Waals surface area contributed by atoms with E-state index >= 15 is 0 Å². The first-order valence-electron chi connectivity index (χ1n) is 12.8. The Balaban J connectivity index is 1.48. The molecule has 11 nitrogen and oxygen atoms in total. The molecule has 3 aromatic heterocycles. The maximum atomic E-state index is 12.7. The third-order valence-electron chi connectivity index (χ3n) is 7.34. The maximum Gasteiger partial charge on any atom is 0.256 e. The van der Waals surface area contributed by atoms with Gasteiger partial charge in [-0.1, -0.05) is 25.1 Å². The maximum absolute atomic E-state index is 12.7. The monoisotopic (exact) mass is 517 g/mol. The van der Waals surface area contributed by atoms with E-state index in [1.165, 1.54) is 0 Å². The van der Waals surface area contributed by atoms with E-state index in [0.29, 0.717) is 17.5 Å². The fourth-order valence-corrected chi connectivity index (χ4v) is 5.30. The van der Waals surface area contributed by atoms with Crippen molar-refractivity contribution in [3.8, 4) is 17.3 Å². The van der Waals surface area contributed by atoms with Crippen LogP contribution in [0.5, 0.6) is 5.88 Å². The van der Waals surface area contributed by atoms with Crippen LogP contribution in [-0.2, 0) is 11.8 Å². The summed E-state index contributed by atoms with van der Waals surface area (Å²) < 4.78 is 7.01. The number of hydrogen-bond donors (Lipinski definition) is 3. The average molecular weight is 518 g/mol. The number of primary amides is 1. The first-order valence-corrected chi connectivity index (χ1v) is 12.8. The summed E-state index contributed by atoms with van der Waals surface area (Å²) in [4.78, 5) is 30.0. The highest BCUT2D eigenvalue weighted by molar-refractivity contribution is 5.90. The SMILES string of the molecule is COc1nn(C)cc1Nc1ncc(C)c(-c2cc3cccc(C(C)C(C(N)=O)N4CCN(C)CC4)c3[nH]2)n1. The van der Waals surface area contributed by atoms with Crippen molar-refractivity contribution >= 4 is 28.4 Å². The fourth-order valence-electron chi connectivity index (χ4n) is 5.30. The van der Waals surface area contributed by atoms with Crippen molar-refractivity contribution in [1.82, 2.24) is 34.5 Å². The molecule has 0 spiro atoms. The number of rotatable bonds is 8. The van der Waals surface area contributed by atoms with Crippen molar-refractivity contribution in [2.75, 3.05) is 45.7 Å². The molecule has 200 valence electrons. The molecule has 1 fully saturated rings. The summed E-state index contributed by atoms with van der Waals surface area (Å²) in [6.07, 6.45) is 3.60. The third-order valence-corrected chi connectivity index (χ3v) is 7.34. The van der Waals surface area contributed by atoms with Gasteiger partial charge in [0.15, 0.2) is 0 Å². The van der Waals surface area contributed by atoms with E-state index in [4.69, 9.17) is 15.5 Å². The molecule has 1 amide bonds. The minimum absolute atomic E-state index is 0.0899. The van der Waals surface area contributed by atoms with Crippen LogP contribution >= 0.6 is 0 Å². The Morgan fingerprint density at radius 3 is 2.68 bits per heavy atom. The highest BCUT2D eigenvalue weighted by Crippen LogP contribution is 2.34. The third kappa shape index (κ3) is 4.94. The molecular formula is C27H35N9O2. The summed E-state index contributed by atoms with van der Waals surface area (Å²) in [6.45, 7) is 7.54. The highest BCUT2D eigenvalue weighted by Gasteiger charge is 2.33. The molecule has 4 aromatic rings. The molecule has 0 radical (unpaired) electrons. The van der Waals surface area contributed by atoms with Gasteiger partial charge in [-0.05, 0) is 31.2 Å². The number of aryl methyl sites for hydroxylation is 2. The van der Waals surface area contributed by atoms with E-state index in [2.05, 4.69) is 62.4 Å². The zero-order chi connectivity index (χ0) is 27.0. The molecule has 38 heavy (non-hydrogen) atoms. The summed E-state index contributed by atoms with van der Waals surface area (Å²) in [5, 5.41) is 8.53. The number of fused-ring (bicyclic) bond motifs is 1. The standard InChI is InChI=1S/C27H35N9O2/c1-16-14-29-27(31-21-15-35(4)33-26(21)38-5)32-22(16)20-13-18-7-6-8-19(23(18)30-20)17(2)24(25(28)37)36-11-9-34(3)10-12-36/h6-8,13-15,17,24,30H,9-12H2,1-5H3,(H2,28,37)(H,29,31,32). The second-order valence-corrected chi connectivity index (χ2v) is 10.0. The van der Waals surface area contributed by atoms with Gasteiger partial charge in [0.25, 0.3) is 5.88 Å². The van der Waals surface area contributed by atoms with Gasteiger partial charge in [-0.25, -0.2) is 9.97 Å². The minimum Gasteiger partial charge on any atom is -0.478 e. The lowest BCUT2D eigenvalue weighted by molar-refractivity contribution is -0.124. The largest absolute Gasteiger partial charge is 0.478 e. The number of amides is 1. The summed E-state index contributed by atoms with van der Waals surface area (Å²) in [5.74, 6) is 0.520. The Kier molecular flexibility index (Phi) is 7.04. The summed E-state index contributed by atoms with van der Waals surface area (Å²) >= 11 is 0. The van der Waals surface area contributed by atoms with Crippen molar-refractivity contribution in [2.45, 2.75) is 25.8 Å². The number of benzene rings is 1. The van der Waals surface area contributed by atoms with Crippen molar-refractivity contribution < 1.29 is 9.53 Å². The van der Waals surface area contributed by atoms with Gasteiger partial charge in [-0.3, -0.25) is 14.4 Å². The van der Waals surface area contributed by atoms with Gasteiger partial charge in [0.05, 0.1) is 30.7 Å². The van der Waals surface area contributed by atoms with Gasteiger partial charge in [0.1, 0.15) is 5.69 Å². The number of H-pyrrole nitrogens is 1. The van der Waals surface area contributed by atoms with Crippen LogP contribution in [0.15, 0.2) is 36.7 Å². The van der Waals surface area contributed by atoms with Crippen LogP contribution in [0.2, 0.25) is 0 Å². The molecule has 5 rings (SSSR count). The molecule has 11 heteroatoms. The molecule has 4 heterocycles. The number of nitrogens with zero attached hydrogens (tertiary/aromatic N) is 6. The lowest BCUT2D eigenvalue weighted by Crippen LogP contribution is -2.55. The summed E-state index contributed by atoms with van der Waals surface area (Å²) in [7, 11) is 5.50. The van der Waals surface area contributed by atoms with Gasteiger partial charge in [-0.15, -0.1) is 5.10 Å². The van der Waals surface area contributed by atoms with Crippen LogP contribution in [-0.4, -0.2) is 86.8 Å². The predicted molar refractivity (Wildman–Crippen MR) is 148 cm³/mol. The molecule has 2 unspecified atom stereocenters. The number of methoxy groups -OCH3 is 1. The van der Waals surface area contributed by atoms with Gasteiger partial charge >= 0.3 is 0 Å². The van der Waals surface area contributed by atoms with Crippen LogP contribution < -0.4 is 15.8 Å². The zero-order valence-corrected chi connectivity index (χ0v) is 22.5. The van der Waals surface area contributed by atoms with Gasteiger partial charge < -0.3 is 25.7 Å². The second-order valence-electron chi connectivity index (χ2n) is 10.0. The number of aromatic nitrogens is 5. The Morgan fingerprint density at radius 1 is 1.21 bits per heavy atom. The average Bonchev–Trinajstić information content (AvgIpc) is 3.48. The van der Waals surface area contributed by atoms with Crippen LogP contribution in [0.1, 0.15) is 24.0 Å². The Bertz CT molecular complexity index is 1450. The molecule has 4 N–H and O–H groups in total.